The Kier molecular flexibility index (Phi) is 6.04. The molecular weight excluding hydrogens is 448 g/mol. The van der Waals surface area contributed by atoms with Crippen molar-refractivity contribution in [2.24, 2.45) is 0 Å². The van der Waals surface area contributed by atoms with Crippen molar-refractivity contribution in [3.8, 4) is 5.75 Å². The van der Waals surface area contributed by atoms with Gasteiger partial charge in [-0.1, -0.05) is 41.9 Å². The number of hydrogen-bond acceptors (Lipinski definition) is 6. The fourth-order valence-corrected chi connectivity index (χ4v) is 4.92. The van der Waals surface area contributed by atoms with E-state index in [9.17, 15) is 14.7 Å². The Hall–Kier alpha value is -3.16. The predicted octanol–water partition coefficient (Wildman–Crippen LogP) is 5.20. The van der Waals surface area contributed by atoms with Crippen LogP contribution in [0.3, 0.4) is 0 Å². The van der Waals surface area contributed by atoms with Gasteiger partial charge in [-0.15, -0.1) is 11.3 Å². The lowest BCUT2D eigenvalue weighted by Crippen LogP contribution is -2.30. The van der Waals surface area contributed by atoms with E-state index in [-0.39, 0.29) is 12.1 Å². The van der Waals surface area contributed by atoms with Crippen LogP contribution in [0.2, 0.25) is 5.02 Å². The summed E-state index contributed by atoms with van der Waals surface area (Å²) in [5, 5.41) is 12.1. The minimum atomic E-state index is -0.779. The van der Waals surface area contributed by atoms with Crippen LogP contribution in [-0.2, 0) is 11.3 Å². The first-order valence-electron chi connectivity index (χ1n) is 9.92. The monoisotopic (exact) mass is 468 g/mol. The van der Waals surface area contributed by atoms with Crippen molar-refractivity contribution < 1.29 is 19.4 Å². The number of nitrogens with zero attached hydrogens (tertiary/aromatic N) is 2. The van der Waals surface area contributed by atoms with Gasteiger partial charge in [0, 0.05) is 10.6 Å². The number of benzene rings is 2. The standard InChI is InChI=1S/C24H21ClN2O4S/c1-13-23(32-14(2)26-13)21(28)19-20(15-8-10-17(25)11-9-15)27(24(30)22(19)29)12-16-6-4-5-7-18(16)31-3/h4-11,20,29H,12H2,1-3H3. The van der Waals surface area contributed by atoms with Gasteiger partial charge in [0.1, 0.15) is 5.75 Å². The number of amides is 1. The third kappa shape index (κ3) is 3.89. The number of ether oxygens (including phenoxy) is 1. The highest BCUT2D eigenvalue weighted by molar-refractivity contribution is 7.14. The third-order valence-electron chi connectivity index (χ3n) is 5.38. The van der Waals surface area contributed by atoms with Crippen molar-refractivity contribution in [2.75, 3.05) is 7.11 Å². The van der Waals surface area contributed by atoms with Crippen LogP contribution in [0.25, 0.3) is 0 Å². The van der Waals surface area contributed by atoms with Gasteiger partial charge in [0.2, 0.25) is 5.78 Å². The van der Waals surface area contributed by atoms with Crippen LogP contribution in [-0.4, -0.2) is 33.8 Å². The van der Waals surface area contributed by atoms with Gasteiger partial charge in [0.15, 0.2) is 5.76 Å². The smallest absolute Gasteiger partial charge is 0.290 e. The summed E-state index contributed by atoms with van der Waals surface area (Å²) >= 11 is 7.31. The van der Waals surface area contributed by atoms with Crippen molar-refractivity contribution in [3.05, 3.63) is 91.6 Å². The van der Waals surface area contributed by atoms with E-state index >= 15 is 0 Å². The second-order valence-corrected chi connectivity index (χ2v) is 9.08. The number of aliphatic hydroxyl groups excluding tert-OH is 1. The molecule has 2 aromatic carbocycles. The number of thiazole rings is 1. The Balaban J connectivity index is 1.82. The summed E-state index contributed by atoms with van der Waals surface area (Å²) in [6.07, 6.45) is 0. The summed E-state index contributed by atoms with van der Waals surface area (Å²) in [7, 11) is 1.56. The normalized spacial score (nSPS) is 16.1. The van der Waals surface area contributed by atoms with Crippen molar-refractivity contribution in [1.82, 2.24) is 9.88 Å². The molecule has 0 fully saturated rings. The number of aryl methyl sites for hydroxylation is 2. The molecule has 1 aliphatic heterocycles. The molecule has 0 aliphatic carbocycles. The van der Waals surface area contributed by atoms with E-state index in [0.29, 0.717) is 26.9 Å². The summed E-state index contributed by atoms with van der Waals surface area (Å²) in [5.74, 6) is -0.946. The second kappa shape index (κ2) is 8.76. The number of aliphatic hydroxyl groups is 1. The van der Waals surface area contributed by atoms with E-state index in [1.807, 2.05) is 25.1 Å². The molecule has 1 atom stereocenters. The fraction of sp³-hybridized carbons (Fsp3) is 0.208. The number of aromatic nitrogens is 1. The lowest BCUT2D eigenvalue weighted by Gasteiger charge is -2.27. The van der Waals surface area contributed by atoms with Gasteiger partial charge in [-0.25, -0.2) is 4.98 Å². The number of Topliss-reactive ketones (excluding diaryl/α,β-unsaturated/α-hetero) is 1. The SMILES string of the molecule is COc1ccccc1CN1C(=O)C(O)=C(C(=O)c2sc(C)nc2C)C1c1ccc(Cl)cc1. The first-order chi connectivity index (χ1) is 15.3. The van der Waals surface area contributed by atoms with Crippen molar-refractivity contribution in [3.63, 3.8) is 0 Å². The number of rotatable bonds is 6. The average Bonchev–Trinajstić information content (AvgIpc) is 3.25. The van der Waals surface area contributed by atoms with Crippen LogP contribution in [0.5, 0.6) is 5.75 Å². The van der Waals surface area contributed by atoms with Crippen LogP contribution in [0.1, 0.15) is 37.5 Å². The first kappa shape index (κ1) is 22.0. The van der Waals surface area contributed by atoms with Gasteiger partial charge in [0.25, 0.3) is 5.91 Å². The number of hydrogen-bond donors (Lipinski definition) is 1. The van der Waals surface area contributed by atoms with E-state index in [2.05, 4.69) is 4.98 Å². The Morgan fingerprint density at radius 1 is 1.19 bits per heavy atom. The molecule has 0 bridgehead atoms. The molecule has 0 saturated heterocycles. The van der Waals surface area contributed by atoms with Gasteiger partial charge < -0.3 is 14.7 Å². The largest absolute Gasteiger partial charge is 0.503 e. The van der Waals surface area contributed by atoms with E-state index in [0.717, 1.165) is 10.6 Å². The highest BCUT2D eigenvalue weighted by Gasteiger charge is 2.44. The Morgan fingerprint density at radius 2 is 1.88 bits per heavy atom. The van der Waals surface area contributed by atoms with Crippen LogP contribution < -0.4 is 4.74 Å². The van der Waals surface area contributed by atoms with E-state index in [1.165, 1.54) is 16.2 Å². The molecule has 164 valence electrons. The summed E-state index contributed by atoms with van der Waals surface area (Å²) in [4.78, 5) is 32.9. The lowest BCUT2D eigenvalue weighted by atomic mass is 9.95. The molecule has 4 rings (SSSR count). The molecule has 0 spiro atoms. The van der Waals surface area contributed by atoms with Gasteiger partial charge in [-0.2, -0.15) is 0 Å². The molecular formula is C24H21ClN2O4S. The number of methoxy groups -OCH3 is 1. The molecule has 1 N–H and O–H groups in total. The minimum absolute atomic E-state index is 0.0407. The fourth-order valence-electron chi connectivity index (χ4n) is 3.92. The zero-order valence-corrected chi connectivity index (χ0v) is 19.3. The molecule has 6 nitrogen and oxygen atoms in total. The van der Waals surface area contributed by atoms with E-state index < -0.39 is 23.5 Å². The molecule has 1 unspecified atom stereocenters. The number of carbonyl (C=O) groups is 2. The van der Waals surface area contributed by atoms with Crippen molar-refractivity contribution >= 4 is 34.6 Å². The summed E-state index contributed by atoms with van der Waals surface area (Å²) in [6.45, 7) is 3.71. The van der Waals surface area contributed by atoms with Crippen LogP contribution in [0.15, 0.2) is 59.9 Å². The molecule has 32 heavy (non-hydrogen) atoms. The summed E-state index contributed by atoms with van der Waals surface area (Å²) < 4.78 is 5.43. The predicted molar refractivity (Wildman–Crippen MR) is 123 cm³/mol. The Bertz CT molecular complexity index is 1230. The highest BCUT2D eigenvalue weighted by Crippen LogP contribution is 2.41. The maximum Gasteiger partial charge on any atom is 0.290 e. The molecule has 3 aromatic rings. The number of carbonyl (C=O) groups excluding carboxylic acids is 2. The van der Waals surface area contributed by atoms with E-state index in [1.54, 1.807) is 44.4 Å². The quantitative estimate of drug-likeness (QED) is 0.503. The first-order valence-corrected chi connectivity index (χ1v) is 11.1. The Labute approximate surface area is 194 Å². The molecule has 1 amide bonds. The molecule has 1 aliphatic rings. The highest BCUT2D eigenvalue weighted by atomic mass is 35.5. The topological polar surface area (TPSA) is 79.7 Å². The lowest BCUT2D eigenvalue weighted by molar-refractivity contribution is -0.130. The maximum absolute atomic E-state index is 13.5. The van der Waals surface area contributed by atoms with Gasteiger partial charge in [0.05, 0.1) is 40.8 Å². The minimum Gasteiger partial charge on any atom is -0.503 e. The van der Waals surface area contributed by atoms with Crippen LogP contribution in [0, 0.1) is 13.8 Å². The van der Waals surface area contributed by atoms with Crippen molar-refractivity contribution in [2.45, 2.75) is 26.4 Å². The summed E-state index contributed by atoms with van der Waals surface area (Å²) in [6, 6.07) is 13.5. The molecule has 1 aromatic heterocycles. The molecule has 0 saturated carbocycles. The molecule has 2 heterocycles. The zero-order chi connectivity index (χ0) is 23.0. The number of halogens is 1. The van der Waals surface area contributed by atoms with Crippen LogP contribution in [0.4, 0.5) is 0 Å². The van der Waals surface area contributed by atoms with Crippen LogP contribution >= 0.6 is 22.9 Å². The van der Waals surface area contributed by atoms with Gasteiger partial charge in [-0.05, 0) is 37.6 Å². The zero-order valence-electron chi connectivity index (χ0n) is 17.8. The maximum atomic E-state index is 13.5. The third-order valence-corrected chi connectivity index (χ3v) is 6.70. The number of para-hydroxylation sites is 1. The second-order valence-electron chi connectivity index (χ2n) is 7.44. The van der Waals surface area contributed by atoms with Gasteiger partial charge in [-0.3, -0.25) is 9.59 Å². The average molecular weight is 469 g/mol. The summed E-state index contributed by atoms with van der Waals surface area (Å²) in [5.41, 5.74) is 2.04. The number of ketones is 1. The van der Waals surface area contributed by atoms with Crippen molar-refractivity contribution in [1.29, 1.82) is 0 Å². The molecule has 8 heteroatoms. The van der Waals surface area contributed by atoms with Gasteiger partial charge >= 0.3 is 0 Å². The van der Waals surface area contributed by atoms with E-state index in [4.69, 9.17) is 16.3 Å². The molecule has 0 radical (unpaired) electrons. The Morgan fingerprint density at radius 3 is 2.50 bits per heavy atom.